The molecule has 1 aromatic carbocycles. The zero-order valence-electron chi connectivity index (χ0n) is 10.6. The summed E-state index contributed by atoms with van der Waals surface area (Å²) in [6, 6.07) is 11.9. The largest absolute Gasteiger partial charge is 0.444 e. The Morgan fingerprint density at radius 2 is 2.00 bits per heavy atom. The number of hydrogen-bond acceptors (Lipinski definition) is 3. The maximum atomic E-state index is 5.56. The van der Waals surface area contributed by atoms with E-state index >= 15 is 0 Å². The van der Waals surface area contributed by atoms with Crippen molar-refractivity contribution in [1.82, 2.24) is 15.0 Å². The fourth-order valence-electron chi connectivity index (χ4n) is 2.30. The van der Waals surface area contributed by atoms with Crippen molar-refractivity contribution >= 4 is 10.9 Å². The van der Waals surface area contributed by atoms with Crippen LogP contribution in [0.15, 0.2) is 65.7 Å². The van der Waals surface area contributed by atoms with Crippen LogP contribution in [-0.4, -0.2) is 15.0 Å². The fourth-order valence-corrected chi connectivity index (χ4v) is 2.30. The van der Waals surface area contributed by atoms with Crippen molar-refractivity contribution in [2.24, 2.45) is 0 Å². The number of hydrogen-bond donors (Lipinski definition) is 1. The van der Waals surface area contributed by atoms with E-state index in [1.54, 1.807) is 18.7 Å². The zero-order chi connectivity index (χ0) is 13.4. The SMILES string of the molecule is c1cncc(-c2nc(-c3c[nH]c4ccccc34)co2)c1. The highest BCUT2D eigenvalue weighted by atomic mass is 16.3. The molecule has 3 heterocycles. The topological polar surface area (TPSA) is 54.7 Å². The van der Waals surface area contributed by atoms with E-state index in [0.29, 0.717) is 5.89 Å². The van der Waals surface area contributed by atoms with Crippen LogP contribution in [0.3, 0.4) is 0 Å². The first kappa shape index (κ1) is 11.0. The number of H-pyrrole nitrogens is 1. The van der Waals surface area contributed by atoms with Gasteiger partial charge in [-0.25, -0.2) is 4.98 Å². The smallest absolute Gasteiger partial charge is 0.228 e. The Labute approximate surface area is 115 Å². The number of aromatic amines is 1. The summed E-state index contributed by atoms with van der Waals surface area (Å²) in [7, 11) is 0. The van der Waals surface area contributed by atoms with Crippen LogP contribution >= 0.6 is 0 Å². The molecule has 4 rings (SSSR count). The molecule has 0 fully saturated rings. The summed E-state index contributed by atoms with van der Waals surface area (Å²) in [5.74, 6) is 0.582. The summed E-state index contributed by atoms with van der Waals surface area (Å²) in [4.78, 5) is 11.9. The minimum atomic E-state index is 0.582. The molecular formula is C16H11N3O. The van der Waals surface area contributed by atoms with Crippen LogP contribution in [0.2, 0.25) is 0 Å². The Morgan fingerprint density at radius 3 is 2.90 bits per heavy atom. The van der Waals surface area contributed by atoms with Crippen LogP contribution < -0.4 is 0 Å². The van der Waals surface area contributed by atoms with E-state index in [1.807, 2.05) is 36.5 Å². The lowest BCUT2D eigenvalue weighted by atomic mass is 10.1. The number of nitrogens with one attached hydrogen (secondary N) is 1. The van der Waals surface area contributed by atoms with Crippen LogP contribution in [0.5, 0.6) is 0 Å². The molecule has 3 aromatic heterocycles. The van der Waals surface area contributed by atoms with Crippen LogP contribution in [-0.2, 0) is 0 Å². The number of fused-ring (bicyclic) bond motifs is 1. The molecule has 0 amide bonds. The normalized spacial score (nSPS) is 11.0. The monoisotopic (exact) mass is 261 g/mol. The second kappa shape index (κ2) is 4.35. The number of rotatable bonds is 2. The molecule has 4 nitrogen and oxygen atoms in total. The first-order chi connectivity index (χ1) is 9.92. The van der Waals surface area contributed by atoms with Gasteiger partial charge in [-0.2, -0.15) is 0 Å². The predicted octanol–water partition coefficient (Wildman–Crippen LogP) is 3.88. The molecule has 0 aliphatic carbocycles. The van der Waals surface area contributed by atoms with Gasteiger partial charge in [-0.15, -0.1) is 0 Å². The molecule has 4 heteroatoms. The van der Waals surface area contributed by atoms with E-state index in [1.165, 1.54) is 0 Å². The van der Waals surface area contributed by atoms with Gasteiger partial charge >= 0.3 is 0 Å². The molecule has 0 atom stereocenters. The summed E-state index contributed by atoms with van der Waals surface area (Å²) < 4.78 is 5.56. The van der Waals surface area contributed by atoms with Gasteiger partial charge in [-0.1, -0.05) is 18.2 Å². The Bertz CT molecular complexity index is 861. The van der Waals surface area contributed by atoms with Crippen molar-refractivity contribution in [2.75, 3.05) is 0 Å². The molecule has 0 bridgehead atoms. The molecule has 0 unspecified atom stereocenters. The third kappa shape index (κ3) is 1.70. The number of aromatic nitrogens is 3. The van der Waals surface area contributed by atoms with Crippen molar-refractivity contribution < 1.29 is 4.42 Å². The van der Waals surface area contributed by atoms with Gasteiger partial charge in [0.2, 0.25) is 5.89 Å². The fraction of sp³-hybridized carbons (Fsp3) is 0. The molecule has 0 aliphatic heterocycles. The standard InChI is InChI=1S/C16H11N3O/c1-2-6-14-12(5-1)13(9-18-14)15-10-20-16(19-15)11-4-3-7-17-8-11/h1-10,18H. The lowest BCUT2D eigenvalue weighted by molar-refractivity contribution is 0.574. The second-order valence-corrected chi connectivity index (χ2v) is 4.53. The first-order valence-corrected chi connectivity index (χ1v) is 6.34. The van der Waals surface area contributed by atoms with E-state index in [0.717, 1.165) is 27.7 Å². The van der Waals surface area contributed by atoms with Crippen molar-refractivity contribution in [3.05, 3.63) is 61.3 Å². The van der Waals surface area contributed by atoms with Gasteiger partial charge in [-0.3, -0.25) is 4.98 Å². The third-order valence-electron chi connectivity index (χ3n) is 3.28. The van der Waals surface area contributed by atoms with Gasteiger partial charge < -0.3 is 9.40 Å². The number of oxazole rings is 1. The van der Waals surface area contributed by atoms with Gasteiger partial charge in [0.25, 0.3) is 0 Å². The number of benzene rings is 1. The lowest BCUT2D eigenvalue weighted by Crippen LogP contribution is -1.80. The van der Waals surface area contributed by atoms with E-state index in [9.17, 15) is 0 Å². The Balaban J connectivity index is 1.82. The molecule has 0 aliphatic rings. The number of para-hydroxylation sites is 1. The van der Waals surface area contributed by atoms with Crippen molar-refractivity contribution in [1.29, 1.82) is 0 Å². The molecule has 1 N–H and O–H groups in total. The molecule has 0 saturated carbocycles. The van der Waals surface area contributed by atoms with Gasteiger partial charge in [-0.05, 0) is 18.2 Å². The second-order valence-electron chi connectivity index (χ2n) is 4.53. The number of nitrogens with zero attached hydrogens (tertiary/aromatic N) is 2. The first-order valence-electron chi connectivity index (χ1n) is 6.34. The zero-order valence-corrected chi connectivity index (χ0v) is 10.6. The van der Waals surface area contributed by atoms with Crippen LogP contribution in [0.1, 0.15) is 0 Å². The Kier molecular flexibility index (Phi) is 2.39. The summed E-state index contributed by atoms with van der Waals surface area (Å²) in [6.45, 7) is 0. The van der Waals surface area contributed by atoms with E-state index < -0.39 is 0 Å². The summed E-state index contributed by atoms with van der Waals surface area (Å²) in [5.41, 5.74) is 3.83. The van der Waals surface area contributed by atoms with Gasteiger partial charge in [0, 0.05) is 35.1 Å². The minimum absolute atomic E-state index is 0.582. The molecule has 20 heavy (non-hydrogen) atoms. The van der Waals surface area contributed by atoms with Crippen LogP contribution in [0.4, 0.5) is 0 Å². The van der Waals surface area contributed by atoms with Gasteiger partial charge in [0.15, 0.2) is 0 Å². The molecule has 96 valence electrons. The average molecular weight is 261 g/mol. The van der Waals surface area contributed by atoms with E-state index in [2.05, 4.69) is 21.0 Å². The summed E-state index contributed by atoms with van der Waals surface area (Å²) in [5, 5.41) is 1.14. The Morgan fingerprint density at radius 1 is 1.05 bits per heavy atom. The van der Waals surface area contributed by atoms with Crippen LogP contribution in [0.25, 0.3) is 33.6 Å². The quantitative estimate of drug-likeness (QED) is 0.595. The number of pyridine rings is 1. The molecule has 0 radical (unpaired) electrons. The molecular weight excluding hydrogens is 250 g/mol. The molecule has 4 aromatic rings. The predicted molar refractivity (Wildman–Crippen MR) is 77.0 cm³/mol. The molecule has 0 saturated heterocycles. The summed E-state index contributed by atoms with van der Waals surface area (Å²) >= 11 is 0. The van der Waals surface area contributed by atoms with E-state index in [4.69, 9.17) is 4.42 Å². The summed E-state index contributed by atoms with van der Waals surface area (Å²) in [6.07, 6.45) is 7.10. The lowest BCUT2D eigenvalue weighted by Gasteiger charge is -1.93. The van der Waals surface area contributed by atoms with Crippen molar-refractivity contribution in [3.8, 4) is 22.7 Å². The van der Waals surface area contributed by atoms with Crippen molar-refractivity contribution in [2.45, 2.75) is 0 Å². The maximum Gasteiger partial charge on any atom is 0.228 e. The van der Waals surface area contributed by atoms with Gasteiger partial charge in [0.1, 0.15) is 12.0 Å². The van der Waals surface area contributed by atoms with Crippen LogP contribution in [0, 0.1) is 0 Å². The van der Waals surface area contributed by atoms with Gasteiger partial charge in [0.05, 0.1) is 5.56 Å². The average Bonchev–Trinajstić information content (AvgIpc) is 3.14. The van der Waals surface area contributed by atoms with E-state index in [-0.39, 0.29) is 0 Å². The third-order valence-corrected chi connectivity index (χ3v) is 3.28. The van der Waals surface area contributed by atoms with Crippen molar-refractivity contribution in [3.63, 3.8) is 0 Å². The molecule has 0 spiro atoms. The highest BCUT2D eigenvalue weighted by Gasteiger charge is 2.11. The maximum absolute atomic E-state index is 5.56. The highest BCUT2D eigenvalue weighted by Crippen LogP contribution is 2.29. The highest BCUT2D eigenvalue weighted by molar-refractivity contribution is 5.94. The minimum Gasteiger partial charge on any atom is -0.444 e. The Hall–Kier alpha value is -2.88.